The topological polar surface area (TPSA) is 55.1 Å². The van der Waals surface area contributed by atoms with Gasteiger partial charge in [-0.15, -0.1) is 0 Å². The van der Waals surface area contributed by atoms with E-state index in [1.54, 1.807) is 24.4 Å². The Kier molecular flexibility index (Phi) is 4.06. The maximum absolute atomic E-state index is 11.6. The summed E-state index contributed by atoms with van der Waals surface area (Å²) >= 11 is 0. The van der Waals surface area contributed by atoms with Crippen LogP contribution in [0.5, 0.6) is 5.75 Å². The Bertz CT molecular complexity index is 864. The van der Waals surface area contributed by atoms with Gasteiger partial charge in [-0.3, -0.25) is 4.79 Å². The maximum atomic E-state index is 11.6. The maximum Gasteiger partial charge on any atom is 0.243 e. The highest BCUT2D eigenvalue weighted by atomic mass is 16.3. The van der Waals surface area contributed by atoms with Crippen LogP contribution in [-0.4, -0.2) is 20.8 Å². The van der Waals surface area contributed by atoms with E-state index in [0.717, 1.165) is 11.1 Å². The number of carbonyl (C=O) groups excluding carboxylic acids is 1. The molecule has 0 aliphatic heterocycles. The molecular weight excluding hydrogens is 288 g/mol. The molecule has 0 spiro atoms. The van der Waals surface area contributed by atoms with Crippen LogP contribution in [0.4, 0.5) is 0 Å². The smallest absolute Gasteiger partial charge is 0.243 e. The van der Waals surface area contributed by atoms with Crippen molar-refractivity contribution >= 4 is 18.1 Å². The number of hydrogen-bond donors (Lipinski definition) is 1. The third-order valence-electron chi connectivity index (χ3n) is 3.48. The predicted molar refractivity (Wildman–Crippen MR) is 91.0 cm³/mol. The van der Waals surface area contributed by atoms with Gasteiger partial charge >= 0.3 is 0 Å². The molecule has 3 rings (SSSR count). The number of hydrogen-bond acceptors (Lipinski definition) is 3. The summed E-state index contributed by atoms with van der Waals surface area (Å²) in [7, 11) is 0. The Morgan fingerprint density at radius 1 is 1.04 bits per heavy atom. The summed E-state index contributed by atoms with van der Waals surface area (Å²) in [5, 5.41) is 14.4. The van der Waals surface area contributed by atoms with Gasteiger partial charge in [0.1, 0.15) is 11.4 Å². The number of aromatic nitrogens is 2. The van der Waals surface area contributed by atoms with E-state index in [2.05, 4.69) is 5.10 Å². The highest BCUT2D eigenvalue weighted by Crippen LogP contribution is 2.31. The van der Waals surface area contributed by atoms with Gasteiger partial charge in [0.15, 0.2) is 0 Å². The first-order valence-corrected chi connectivity index (χ1v) is 7.27. The van der Waals surface area contributed by atoms with Crippen LogP contribution in [0, 0.1) is 0 Å². The summed E-state index contributed by atoms with van der Waals surface area (Å²) in [6.45, 7) is 1.45. The molecule has 23 heavy (non-hydrogen) atoms. The van der Waals surface area contributed by atoms with E-state index in [1.165, 1.54) is 11.6 Å². The van der Waals surface area contributed by atoms with Crippen LogP contribution in [0.1, 0.15) is 22.8 Å². The minimum atomic E-state index is -0.180. The average Bonchev–Trinajstić information content (AvgIpc) is 2.99. The molecule has 0 aliphatic rings. The zero-order valence-electron chi connectivity index (χ0n) is 12.7. The third kappa shape index (κ3) is 3.21. The molecule has 0 saturated heterocycles. The molecule has 0 atom stereocenters. The minimum Gasteiger partial charge on any atom is -0.507 e. The number of phenolic OH excluding ortho intramolecular Hbond substituents is 1. The van der Waals surface area contributed by atoms with E-state index in [4.69, 9.17) is 0 Å². The van der Waals surface area contributed by atoms with Gasteiger partial charge in [0.25, 0.3) is 0 Å². The zero-order chi connectivity index (χ0) is 16.2. The van der Waals surface area contributed by atoms with Gasteiger partial charge in [-0.25, -0.2) is 4.68 Å². The van der Waals surface area contributed by atoms with Crippen molar-refractivity contribution in [1.29, 1.82) is 0 Å². The summed E-state index contributed by atoms with van der Waals surface area (Å²) in [6, 6.07) is 16.8. The van der Waals surface area contributed by atoms with Crippen LogP contribution >= 0.6 is 0 Å². The lowest BCUT2D eigenvalue weighted by atomic mass is 10.1. The van der Waals surface area contributed by atoms with Crippen molar-refractivity contribution in [2.75, 3.05) is 0 Å². The highest BCUT2D eigenvalue weighted by Gasteiger charge is 2.14. The summed E-state index contributed by atoms with van der Waals surface area (Å²) in [5.41, 5.74) is 2.99. The number of rotatable bonds is 3. The lowest BCUT2D eigenvalue weighted by Crippen LogP contribution is -2.05. The fourth-order valence-electron chi connectivity index (χ4n) is 2.30. The van der Waals surface area contributed by atoms with E-state index in [1.807, 2.05) is 48.6 Å². The van der Waals surface area contributed by atoms with Gasteiger partial charge in [0.2, 0.25) is 5.91 Å². The Morgan fingerprint density at radius 3 is 2.43 bits per heavy atom. The molecule has 0 radical (unpaired) electrons. The van der Waals surface area contributed by atoms with Gasteiger partial charge in [-0.05, 0) is 17.7 Å². The molecule has 2 aromatic carbocycles. The Morgan fingerprint density at radius 2 is 1.74 bits per heavy atom. The molecule has 0 saturated carbocycles. The van der Waals surface area contributed by atoms with Crippen molar-refractivity contribution < 1.29 is 9.90 Å². The van der Waals surface area contributed by atoms with E-state index in [0.29, 0.717) is 11.3 Å². The summed E-state index contributed by atoms with van der Waals surface area (Å²) in [6.07, 6.45) is 5.51. The van der Waals surface area contributed by atoms with E-state index < -0.39 is 0 Å². The molecule has 1 aromatic heterocycles. The zero-order valence-corrected chi connectivity index (χ0v) is 12.7. The van der Waals surface area contributed by atoms with Gasteiger partial charge in [0, 0.05) is 24.2 Å². The van der Waals surface area contributed by atoms with E-state index >= 15 is 0 Å². The molecule has 114 valence electrons. The molecule has 0 bridgehead atoms. The number of aromatic hydroxyl groups is 1. The molecule has 1 N–H and O–H groups in total. The van der Waals surface area contributed by atoms with Crippen LogP contribution in [0.25, 0.3) is 23.4 Å². The fraction of sp³-hybridized carbons (Fsp3) is 0.0526. The molecule has 1 heterocycles. The second-order valence-corrected chi connectivity index (χ2v) is 5.16. The predicted octanol–water partition coefficient (Wildman–Crippen LogP) is 4.09. The van der Waals surface area contributed by atoms with Crippen LogP contribution in [-0.2, 0) is 0 Å². The SMILES string of the molecule is CC(=O)n1cc(/C=C/c2ccccc2)c(-c2ccccc2O)n1. The Labute approximate surface area is 134 Å². The van der Waals surface area contributed by atoms with Gasteiger partial charge in [0.05, 0.1) is 0 Å². The van der Waals surface area contributed by atoms with Gasteiger partial charge in [-0.1, -0.05) is 54.6 Å². The van der Waals surface area contributed by atoms with Gasteiger partial charge in [-0.2, -0.15) is 5.10 Å². The van der Waals surface area contributed by atoms with Crippen molar-refractivity contribution in [3.05, 3.63) is 71.9 Å². The molecular formula is C19H16N2O2. The second kappa shape index (κ2) is 6.32. The van der Waals surface area contributed by atoms with Crippen molar-refractivity contribution in [1.82, 2.24) is 9.78 Å². The van der Waals surface area contributed by atoms with Crippen LogP contribution in [0.3, 0.4) is 0 Å². The summed E-state index contributed by atoms with van der Waals surface area (Å²) in [5.74, 6) is -0.0447. The molecule has 0 unspecified atom stereocenters. The molecule has 0 fully saturated rings. The normalized spacial score (nSPS) is 11.0. The van der Waals surface area contributed by atoms with Crippen LogP contribution < -0.4 is 0 Å². The standard InChI is InChI=1S/C19H16N2O2/c1-14(22)21-13-16(12-11-15-7-3-2-4-8-15)19(20-21)17-9-5-6-10-18(17)23/h2-13,23H,1H3/b12-11+. The van der Waals surface area contributed by atoms with E-state index in [9.17, 15) is 9.90 Å². The quantitative estimate of drug-likeness (QED) is 0.793. The van der Waals surface area contributed by atoms with Crippen LogP contribution in [0.2, 0.25) is 0 Å². The number of carbonyl (C=O) groups is 1. The molecule has 0 aliphatic carbocycles. The monoisotopic (exact) mass is 304 g/mol. The van der Waals surface area contributed by atoms with Crippen molar-refractivity contribution in [3.63, 3.8) is 0 Å². The van der Waals surface area contributed by atoms with E-state index in [-0.39, 0.29) is 11.7 Å². The lowest BCUT2D eigenvalue weighted by molar-refractivity contribution is 0.0921. The first kappa shape index (κ1) is 14.8. The van der Waals surface area contributed by atoms with Gasteiger partial charge < -0.3 is 5.11 Å². The third-order valence-corrected chi connectivity index (χ3v) is 3.48. The average molecular weight is 304 g/mol. The number of nitrogens with zero attached hydrogens (tertiary/aromatic N) is 2. The molecule has 3 aromatic rings. The highest BCUT2D eigenvalue weighted by molar-refractivity contribution is 5.84. The van der Waals surface area contributed by atoms with Crippen molar-refractivity contribution in [2.45, 2.75) is 6.92 Å². The largest absolute Gasteiger partial charge is 0.507 e. The van der Waals surface area contributed by atoms with Crippen molar-refractivity contribution in [3.8, 4) is 17.0 Å². The Balaban J connectivity index is 2.07. The number of para-hydroxylation sites is 1. The van der Waals surface area contributed by atoms with Crippen molar-refractivity contribution in [2.24, 2.45) is 0 Å². The number of phenols is 1. The number of benzene rings is 2. The van der Waals surface area contributed by atoms with Crippen LogP contribution in [0.15, 0.2) is 60.8 Å². The lowest BCUT2D eigenvalue weighted by Gasteiger charge is -2.02. The fourth-order valence-corrected chi connectivity index (χ4v) is 2.30. The minimum absolute atomic E-state index is 0.135. The molecule has 4 heteroatoms. The second-order valence-electron chi connectivity index (χ2n) is 5.16. The summed E-state index contributed by atoms with van der Waals surface area (Å²) < 4.78 is 1.28. The molecule has 0 amide bonds. The Hall–Kier alpha value is -3.14. The first-order valence-electron chi connectivity index (χ1n) is 7.27. The molecule has 4 nitrogen and oxygen atoms in total. The first-order chi connectivity index (χ1) is 11.1. The summed E-state index contributed by atoms with van der Waals surface area (Å²) in [4.78, 5) is 11.6.